The van der Waals surface area contributed by atoms with Gasteiger partial charge in [0.15, 0.2) is 5.43 Å². The lowest BCUT2D eigenvalue weighted by Gasteiger charge is -2.21. The highest BCUT2D eigenvalue weighted by molar-refractivity contribution is 5.83. The maximum Gasteiger partial charge on any atom is 0.197 e. The van der Waals surface area contributed by atoms with E-state index in [0.717, 1.165) is 30.8 Å². The number of hydrogen-bond acceptors (Lipinski definition) is 4. The molecule has 0 aliphatic rings. The van der Waals surface area contributed by atoms with Crippen LogP contribution >= 0.6 is 0 Å². The second-order valence-electron chi connectivity index (χ2n) is 8.36. The maximum absolute atomic E-state index is 12.9. The summed E-state index contributed by atoms with van der Waals surface area (Å²) in [5, 5.41) is 1.94. The Balaban J connectivity index is 1.38. The van der Waals surface area contributed by atoms with E-state index < -0.39 is 0 Å². The van der Waals surface area contributed by atoms with Crippen molar-refractivity contribution in [2.45, 2.75) is 26.9 Å². The van der Waals surface area contributed by atoms with Gasteiger partial charge < -0.3 is 19.2 Å². The van der Waals surface area contributed by atoms with Gasteiger partial charge in [-0.2, -0.15) is 0 Å². The Hall–Kier alpha value is -2.89. The van der Waals surface area contributed by atoms with Gasteiger partial charge in [0.05, 0.1) is 11.6 Å². The number of rotatable bonds is 7. The molecule has 5 heteroatoms. The lowest BCUT2D eigenvalue weighted by atomic mass is 10.1. The van der Waals surface area contributed by atoms with Crippen molar-refractivity contribution in [1.29, 1.82) is 0 Å². The summed E-state index contributed by atoms with van der Waals surface area (Å²) in [5.41, 5.74) is 6.15. The minimum Gasteiger partial charge on any atom is -0.464 e. The fraction of sp³-hybridized carbons (Fsp3) is 0.320. The summed E-state index contributed by atoms with van der Waals surface area (Å²) in [6, 6.07) is 12.3. The van der Waals surface area contributed by atoms with E-state index in [-0.39, 0.29) is 5.43 Å². The molecule has 2 heterocycles. The molecule has 0 fully saturated rings. The van der Waals surface area contributed by atoms with Crippen LogP contribution in [-0.4, -0.2) is 42.0 Å². The summed E-state index contributed by atoms with van der Waals surface area (Å²) in [6.07, 6.45) is 3.71. The summed E-state index contributed by atoms with van der Waals surface area (Å²) < 4.78 is 5.76. The lowest BCUT2D eigenvalue weighted by molar-refractivity contribution is 0.246. The number of nitrogens with one attached hydrogen (secondary N) is 1. The summed E-state index contributed by atoms with van der Waals surface area (Å²) in [5.74, 6) is 0. The van der Waals surface area contributed by atoms with E-state index in [4.69, 9.17) is 4.42 Å². The van der Waals surface area contributed by atoms with Crippen LogP contribution in [-0.2, 0) is 13.1 Å². The molecule has 4 aromatic rings. The third-order valence-corrected chi connectivity index (χ3v) is 5.88. The molecular weight excluding hydrogens is 374 g/mol. The molecule has 2 aromatic heterocycles. The third kappa shape index (κ3) is 4.18. The normalized spacial score (nSPS) is 11.9. The summed E-state index contributed by atoms with van der Waals surface area (Å²) in [7, 11) is 4.18. The zero-order chi connectivity index (χ0) is 21.3. The number of nitrogens with zero attached hydrogens (tertiary/aromatic N) is 2. The van der Waals surface area contributed by atoms with E-state index in [2.05, 4.69) is 46.2 Å². The van der Waals surface area contributed by atoms with E-state index in [9.17, 15) is 4.79 Å². The summed E-state index contributed by atoms with van der Waals surface area (Å²) in [4.78, 5) is 20.7. The quantitative estimate of drug-likeness (QED) is 0.495. The van der Waals surface area contributed by atoms with Crippen LogP contribution in [0.25, 0.3) is 21.9 Å². The van der Waals surface area contributed by atoms with Gasteiger partial charge in [-0.1, -0.05) is 18.2 Å². The van der Waals surface area contributed by atoms with Crippen molar-refractivity contribution in [1.82, 2.24) is 14.8 Å². The number of aryl methyl sites for hydroxylation is 2. The van der Waals surface area contributed by atoms with E-state index in [0.29, 0.717) is 23.1 Å². The highest BCUT2D eigenvalue weighted by Gasteiger charge is 2.12. The number of fused-ring (bicyclic) bond motifs is 2. The molecule has 0 unspecified atom stereocenters. The molecule has 0 radical (unpaired) electrons. The summed E-state index contributed by atoms with van der Waals surface area (Å²) in [6.45, 7) is 7.29. The number of benzene rings is 2. The largest absolute Gasteiger partial charge is 0.464 e. The third-order valence-electron chi connectivity index (χ3n) is 5.88. The van der Waals surface area contributed by atoms with Crippen molar-refractivity contribution < 1.29 is 4.42 Å². The molecule has 0 amide bonds. The average Bonchev–Trinajstić information content (AvgIpc) is 3.13. The van der Waals surface area contributed by atoms with Crippen molar-refractivity contribution in [3.8, 4) is 0 Å². The number of hydrogen-bond donors (Lipinski definition) is 1. The fourth-order valence-corrected chi connectivity index (χ4v) is 3.88. The van der Waals surface area contributed by atoms with Crippen LogP contribution in [0.4, 0.5) is 0 Å². The van der Waals surface area contributed by atoms with Gasteiger partial charge in [-0.25, -0.2) is 0 Å². The Morgan fingerprint density at radius 3 is 2.33 bits per heavy atom. The van der Waals surface area contributed by atoms with Gasteiger partial charge >= 0.3 is 0 Å². The standard InChI is InChI=1S/C25H29N3O2/c1-17-11-22-24(12-18(17)2)30-16-20(25(22)29)15-28(4)10-9-27(3)14-19-13-26-23-8-6-5-7-21(19)23/h5-8,11-13,16,26H,9-10,14-15H2,1-4H3. The van der Waals surface area contributed by atoms with E-state index in [1.165, 1.54) is 16.5 Å². The molecule has 30 heavy (non-hydrogen) atoms. The zero-order valence-electron chi connectivity index (χ0n) is 18.2. The van der Waals surface area contributed by atoms with Crippen LogP contribution in [0.15, 0.2) is 58.1 Å². The second kappa shape index (κ2) is 8.46. The van der Waals surface area contributed by atoms with E-state index in [1.54, 1.807) is 6.26 Å². The van der Waals surface area contributed by atoms with Crippen LogP contribution in [0.5, 0.6) is 0 Å². The topological polar surface area (TPSA) is 52.5 Å². The lowest BCUT2D eigenvalue weighted by Crippen LogP contribution is -2.31. The first kappa shape index (κ1) is 20.4. The van der Waals surface area contributed by atoms with Gasteiger partial charge in [0.2, 0.25) is 0 Å². The molecule has 0 saturated carbocycles. The first-order valence-electron chi connectivity index (χ1n) is 10.4. The van der Waals surface area contributed by atoms with Gasteiger partial charge in [-0.05, 0) is 62.8 Å². The molecule has 4 rings (SSSR count). The molecule has 0 aliphatic carbocycles. The van der Waals surface area contributed by atoms with Gasteiger partial charge in [-0.15, -0.1) is 0 Å². The molecule has 1 N–H and O–H groups in total. The van der Waals surface area contributed by atoms with Crippen molar-refractivity contribution in [2.75, 3.05) is 27.2 Å². The number of para-hydroxylation sites is 1. The van der Waals surface area contributed by atoms with Gasteiger partial charge in [0.25, 0.3) is 0 Å². The summed E-state index contributed by atoms with van der Waals surface area (Å²) >= 11 is 0. The zero-order valence-corrected chi connectivity index (χ0v) is 18.2. The Morgan fingerprint density at radius 2 is 1.57 bits per heavy atom. The first-order chi connectivity index (χ1) is 14.4. The number of aromatic amines is 1. The Morgan fingerprint density at radius 1 is 0.900 bits per heavy atom. The van der Waals surface area contributed by atoms with E-state index in [1.807, 2.05) is 39.1 Å². The Labute approximate surface area is 176 Å². The van der Waals surface area contributed by atoms with Gasteiger partial charge in [-0.3, -0.25) is 4.79 Å². The number of H-pyrrole nitrogens is 1. The molecule has 0 aliphatic heterocycles. The smallest absolute Gasteiger partial charge is 0.197 e. The van der Waals surface area contributed by atoms with Crippen LogP contribution in [0.2, 0.25) is 0 Å². The maximum atomic E-state index is 12.9. The molecule has 2 aromatic carbocycles. The molecular formula is C25H29N3O2. The number of aromatic nitrogens is 1. The van der Waals surface area contributed by atoms with Gasteiger partial charge in [0, 0.05) is 48.8 Å². The fourth-order valence-electron chi connectivity index (χ4n) is 3.88. The Kier molecular flexibility index (Phi) is 5.75. The van der Waals surface area contributed by atoms with Crippen LogP contribution in [0.1, 0.15) is 22.3 Å². The van der Waals surface area contributed by atoms with E-state index >= 15 is 0 Å². The van der Waals surface area contributed by atoms with Crippen molar-refractivity contribution in [3.63, 3.8) is 0 Å². The minimum atomic E-state index is 0.0679. The van der Waals surface area contributed by atoms with Crippen LogP contribution < -0.4 is 5.43 Å². The highest BCUT2D eigenvalue weighted by atomic mass is 16.3. The highest BCUT2D eigenvalue weighted by Crippen LogP contribution is 2.19. The second-order valence-corrected chi connectivity index (χ2v) is 8.36. The van der Waals surface area contributed by atoms with Crippen molar-refractivity contribution in [2.24, 2.45) is 0 Å². The molecule has 156 valence electrons. The Bertz CT molecular complexity index is 1240. The van der Waals surface area contributed by atoms with Crippen LogP contribution in [0, 0.1) is 13.8 Å². The van der Waals surface area contributed by atoms with Gasteiger partial charge in [0.1, 0.15) is 5.58 Å². The first-order valence-corrected chi connectivity index (χ1v) is 10.4. The van der Waals surface area contributed by atoms with Crippen molar-refractivity contribution >= 4 is 21.9 Å². The minimum absolute atomic E-state index is 0.0679. The monoisotopic (exact) mass is 403 g/mol. The predicted octanol–water partition coefficient (Wildman–Crippen LogP) is 4.45. The van der Waals surface area contributed by atoms with Crippen LogP contribution in [0.3, 0.4) is 0 Å². The molecule has 0 spiro atoms. The average molecular weight is 404 g/mol. The molecule has 0 bridgehead atoms. The number of likely N-dealkylation sites (N-methyl/N-ethyl adjacent to an activating group) is 2. The molecule has 5 nitrogen and oxygen atoms in total. The molecule has 0 saturated heterocycles. The molecule has 0 atom stereocenters. The SMILES string of the molecule is Cc1cc2occ(CN(C)CCN(C)Cc3c[nH]c4ccccc34)c(=O)c2cc1C. The predicted molar refractivity (Wildman–Crippen MR) is 123 cm³/mol. The van der Waals surface area contributed by atoms with Crippen molar-refractivity contribution in [3.05, 3.63) is 81.3 Å².